The van der Waals surface area contributed by atoms with Crippen molar-refractivity contribution < 1.29 is 13.2 Å². The number of fused-ring (bicyclic) bond motifs is 1. The highest BCUT2D eigenvalue weighted by atomic mass is 32.2. The molecule has 2 aromatic heterocycles. The van der Waals surface area contributed by atoms with E-state index in [0.717, 1.165) is 29.7 Å². The molecule has 1 saturated carbocycles. The zero-order valence-corrected chi connectivity index (χ0v) is 15.9. The number of H-pyrrole nitrogens is 1. The maximum atomic E-state index is 12.7. The van der Waals surface area contributed by atoms with Crippen LogP contribution in [0.15, 0.2) is 18.6 Å². The first-order valence-corrected chi connectivity index (χ1v) is 10.7. The first-order valence-electron chi connectivity index (χ1n) is 9.04. The summed E-state index contributed by atoms with van der Waals surface area (Å²) in [6.07, 6.45) is 5.12. The molecule has 0 radical (unpaired) electrons. The van der Waals surface area contributed by atoms with Gasteiger partial charge in [0.2, 0.25) is 10.0 Å². The molecule has 9 heteroatoms. The monoisotopic (exact) mass is 379 g/mol. The lowest BCUT2D eigenvalue weighted by molar-refractivity contribution is 0.00994. The zero-order valence-electron chi connectivity index (χ0n) is 15.1. The highest BCUT2D eigenvalue weighted by molar-refractivity contribution is 7.89. The molecule has 2 aliphatic rings. The highest BCUT2D eigenvalue weighted by Crippen LogP contribution is 2.36. The van der Waals surface area contributed by atoms with Gasteiger partial charge in [-0.15, -0.1) is 0 Å². The molecule has 1 aliphatic carbocycles. The van der Waals surface area contributed by atoms with E-state index < -0.39 is 10.0 Å². The third-order valence-corrected chi connectivity index (χ3v) is 7.48. The van der Waals surface area contributed by atoms with Crippen LogP contribution in [0, 0.1) is 5.92 Å². The van der Waals surface area contributed by atoms with Crippen molar-refractivity contribution in [3.8, 4) is 0 Å². The van der Waals surface area contributed by atoms with Crippen LogP contribution < -0.4 is 4.90 Å². The van der Waals surface area contributed by atoms with Crippen LogP contribution in [0.1, 0.15) is 19.8 Å². The maximum Gasteiger partial charge on any atom is 0.214 e. The molecular formula is C17H25N5O3S. The minimum Gasteiger partial charge on any atom is -0.376 e. The molecule has 142 valence electrons. The van der Waals surface area contributed by atoms with Crippen LogP contribution in [0.25, 0.3) is 11.0 Å². The summed E-state index contributed by atoms with van der Waals surface area (Å²) in [7, 11) is -1.19. The summed E-state index contributed by atoms with van der Waals surface area (Å²) in [6.45, 7) is 3.33. The molecule has 0 amide bonds. The van der Waals surface area contributed by atoms with Crippen molar-refractivity contribution in [2.45, 2.75) is 31.9 Å². The van der Waals surface area contributed by atoms with Crippen molar-refractivity contribution in [2.75, 3.05) is 37.4 Å². The van der Waals surface area contributed by atoms with Gasteiger partial charge in [-0.3, -0.25) is 0 Å². The number of sulfonamides is 1. The van der Waals surface area contributed by atoms with Gasteiger partial charge in [0.15, 0.2) is 0 Å². The largest absolute Gasteiger partial charge is 0.376 e. The fourth-order valence-electron chi connectivity index (χ4n) is 3.91. The minimum atomic E-state index is -3.21. The number of aromatic nitrogens is 3. The number of nitrogens with one attached hydrogen (secondary N) is 1. The fourth-order valence-corrected chi connectivity index (χ4v) is 5.78. The van der Waals surface area contributed by atoms with Gasteiger partial charge >= 0.3 is 0 Å². The van der Waals surface area contributed by atoms with Crippen molar-refractivity contribution in [1.82, 2.24) is 19.3 Å². The number of rotatable bonds is 5. The second-order valence-corrected chi connectivity index (χ2v) is 9.37. The van der Waals surface area contributed by atoms with Gasteiger partial charge in [0.25, 0.3) is 0 Å². The lowest BCUT2D eigenvalue weighted by atomic mass is 9.81. The molecule has 2 aromatic rings. The second-order valence-electron chi connectivity index (χ2n) is 7.36. The van der Waals surface area contributed by atoms with Gasteiger partial charge in [-0.25, -0.2) is 18.4 Å². The highest BCUT2D eigenvalue weighted by Gasteiger charge is 2.38. The Bertz CT molecular complexity index is 877. The van der Waals surface area contributed by atoms with Gasteiger partial charge in [0, 0.05) is 32.4 Å². The van der Waals surface area contributed by atoms with E-state index in [1.54, 1.807) is 10.6 Å². The van der Waals surface area contributed by atoms with Crippen molar-refractivity contribution in [2.24, 2.45) is 5.92 Å². The second kappa shape index (κ2) is 6.79. The minimum absolute atomic E-state index is 0.0275. The molecule has 2 fully saturated rings. The summed E-state index contributed by atoms with van der Waals surface area (Å²) >= 11 is 0. The Morgan fingerprint density at radius 1 is 1.38 bits per heavy atom. The molecule has 1 saturated heterocycles. The first kappa shape index (κ1) is 17.7. The molecular weight excluding hydrogens is 354 g/mol. The van der Waals surface area contributed by atoms with E-state index in [9.17, 15) is 8.42 Å². The Kier molecular flexibility index (Phi) is 4.62. The molecule has 26 heavy (non-hydrogen) atoms. The molecule has 1 atom stereocenters. The smallest absolute Gasteiger partial charge is 0.214 e. The number of anilines is 1. The van der Waals surface area contributed by atoms with Gasteiger partial charge in [0.05, 0.1) is 23.8 Å². The van der Waals surface area contributed by atoms with Crippen molar-refractivity contribution in [1.29, 1.82) is 0 Å². The first-order chi connectivity index (χ1) is 12.4. The topological polar surface area (TPSA) is 91.4 Å². The van der Waals surface area contributed by atoms with Gasteiger partial charge in [0.1, 0.15) is 17.8 Å². The summed E-state index contributed by atoms with van der Waals surface area (Å²) in [5.41, 5.74) is 0.821. The van der Waals surface area contributed by atoms with Crippen LogP contribution in [-0.2, 0) is 14.8 Å². The van der Waals surface area contributed by atoms with Crippen LogP contribution >= 0.6 is 0 Å². The lowest BCUT2D eigenvalue weighted by Crippen LogP contribution is -2.50. The van der Waals surface area contributed by atoms with Crippen LogP contribution in [0.4, 0.5) is 5.82 Å². The zero-order chi connectivity index (χ0) is 18.3. The number of morpholine rings is 1. The van der Waals surface area contributed by atoms with Crippen molar-refractivity contribution in [3.63, 3.8) is 0 Å². The summed E-state index contributed by atoms with van der Waals surface area (Å²) in [4.78, 5) is 13.9. The van der Waals surface area contributed by atoms with E-state index in [2.05, 4.69) is 19.9 Å². The third-order valence-electron chi connectivity index (χ3n) is 5.47. The molecule has 0 aromatic carbocycles. The number of hydrogen-bond donors (Lipinski definition) is 1. The molecule has 8 nitrogen and oxygen atoms in total. The number of ether oxygens (including phenoxy) is 1. The average molecular weight is 379 g/mol. The molecule has 0 spiro atoms. The molecule has 1 N–H and O–H groups in total. The van der Waals surface area contributed by atoms with E-state index in [1.165, 1.54) is 0 Å². The standard InChI is InChI=1S/C17H25N5O3S/c1-12-9-22(5-6-25-12)26(23,24)10-13-7-14(8-13)21(2)17-15-3-4-18-16(15)19-11-20-17/h3-4,11-14H,5-10H2,1-2H3,(H,18,19,20)/t12-,13?,14?/m1/s1. The van der Waals surface area contributed by atoms with Crippen molar-refractivity contribution >= 4 is 26.9 Å². The average Bonchev–Trinajstić information content (AvgIpc) is 3.06. The number of aromatic amines is 1. The summed E-state index contributed by atoms with van der Waals surface area (Å²) in [6, 6.07) is 2.29. The van der Waals surface area contributed by atoms with Crippen LogP contribution in [0.2, 0.25) is 0 Å². The maximum absolute atomic E-state index is 12.7. The van der Waals surface area contributed by atoms with E-state index >= 15 is 0 Å². The van der Waals surface area contributed by atoms with Gasteiger partial charge in [-0.1, -0.05) is 0 Å². The predicted molar refractivity (Wildman–Crippen MR) is 99.6 cm³/mol. The van der Waals surface area contributed by atoms with E-state index in [4.69, 9.17) is 4.74 Å². The fraction of sp³-hybridized carbons (Fsp3) is 0.647. The molecule has 0 unspecified atom stereocenters. The lowest BCUT2D eigenvalue weighted by Gasteiger charge is -2.42. The quantitative estimate of drug-likeness (QED) is 0.840. The summed E-state index contributed by atoms with van der Waals surface area (Å²) in [5, 5.41) is 0.994. The normalized spacial score (nSPS) is 27.4. The summed E-state index contributed by atoms with van der Waals surface area (Å²) in [5.74, 6) is 1.33. The number of hydrogen-bond acceptors (Lipinski definition) is 6. The summed E-state index contributed by atoms with van der Waals surface area (Å²) < 4.78 is 32.3. The predicted octanol–water partition coefficient (Wildman–Crippen LogP) is 1.22. The van der Waals surface area contributed by atoms with Gasteiger partial charge in [-0.05, 0) is 31.7 Å². The van der Waals surface area contributed by atoms with E-state index in [-0.39, 0.29) is 17.8 Å². The Morgan fingerprint density at radius 3 is 2.96 bits per heavy atom. The Labute approximate surface area is 153 Å². The molecule has 1 aliphatic heterocycles. The van der Waals surface area contributed by atoms with E-state index in [0.29, 0.717) is 25.7 Å². The molecule has 0 bridgehead atoms. The third kappa shape index (κ3) is 3.30. The Balaban J connectivity index is 1.37. The van der Waals surface area contributed by atoms with Crippen LogP contribution in [0.3, 0.4) is 0 Å². The Hall–Kier alpha value is -1.71. The van der Waals surface area contributed by atoms with Gasteiger partial charge < -0.3 is 14.6 Å². The molecule has 4 rings (SSSR count). The van der Waals surface area contributed by atoms with E-state index in [1.807, 2.05) is 26.2 Å². The Morgan fingerprint density at radius 2 is 2.19 bits per heavy atom. The van der Waals surface area contributed by atoms with Crippen molar-refractivity contribution in [3.05, 3.63) is 18.6 Å². The van der Waals surface area contributed by atoms with Crippen LogP contribution in [-0.4, -0.2) is 72.3 Å². The van der Waals surface area contributed by atoms with Crippen LogP contribution in [0.5, 0.6) is 0 Å². The number of nitrogens with zero attached hydrogens (tertiary/aromatic N) is 4. The molecule has 3 heterocycles. The SMILES string of the molecule is C[C@@H]1CN(S(=O)(=O)CC2CC(N(C)c3ncnc4[nH]ccc34)C2)CCO1. The van der Waals surface area contributed by atoms with Gasteiger partial charge in [-0.2, -0.15) is 4.31 Å².